The summed E-state index contributed by atoms with van der Waals surface area (Å²) in [5.74, 6) is 1.29. The Balaban J connectivity index is 1.75. The third-order valence-corrected chi connectivity index (χ3v) is 4.48. The summed E-state index contributed by atoms with van der Waals surface area (Å²) in [6.07, 6.45) is 6.04. The second-order valence-electron chi connectivity index (χ2n) is 6.87. The molecule has 2 rings (SSSR count). The maximum absolute atomic E-state index is 12.1. The summed E-state index contributed by atoms with van der Waals surface area (Å²) in [7, 11) is 0. The van der Waals surface area contributed by atoms with Crippen LogP contribution < -0.4 is 14.8 Å². The molecule has 0 aliphatic rings. The number of nitrogens with one attached hydrogen (secondary N) is 1. The molecule has 0 aliphatic carbocycles. The number of rotatable bonds is 11. The van der Waals surface area contributed by atoms with Crippen molar-refractivity contribution in [2.45, 2.75) is 52.9 Å². The summed E-state index contributed by atoms with van der Waals surface area (Å²) in [6, 6.07) is 13.3. The third kappa shape index (κ3) is 7.73. The van der Waals surface area contributed by atoms with Gasteiger partial charge in [0.1, 0.15) is 11.5 Å². The molecular formula is C23H31NO3. The van der Waals surface area contributed by atoms with E-state index in [0.29, 0.717) is 18.0 Å². The highest BCUT2D eigenvalue weighted by Gasteiger charge is 2.06. The van der Waals surface area contributed by atoms with Gasteiger partial charge in [-0.25, -0.2) is 0 Å². The van der Waals surface area contributed by atoms with E-state index in [9.17, 15) is 4.79 Å². The number of benzene rings is 2. The molecule has 0 heterocycles. The minimum absolute atomic E-state index is 0.0228. The van der Waals surface area contributed by atoms with Crippen molar-refractivity contribution in [3.63, 3.8) is 0 Å². The van der Waals surface area contributed by atoms with Crippen LogP contribution in [0.2, 0.25) is 0 Å². The minimum atomic E-state index is -0.190. The Hall–Kier alpha value is -2.49. The second-order valence-corrected chi connectivity index (χ2v) is 6.87. The molecule has 1 amide bonds. The summed E-state index contributed by atoms with van der Waals surface area (Å²) < 4.78 is 11.4. The molecule has 146 valence electrons. The van der Waals surface area contributed by atoms with Gasteiger partial charge in [0.15, 0.2) is 6.61 Å². The molecule has 0 unspecified atom stereocenters. The van der Waals surface area contributed by atoms with Crippen molar-refractivity contribution in [1.29, 1.82) is 0 Å². The van der Waals surface area contributed by atoms with Crippen molar-refractivity contribution < 1.29 is 14.3 Å². The number of carbonyl (C=O) groups excluding carboxylic acids is 1. The molecule has 27 heavy (non-hydrogen) atoms. The van der Waals surface area contributed by atoms with Crippen LogP contribution in [0.25, 0.3) is 0 Å². The van der Waals surface area contributed by atoms with Crippen molar-refractivity contribution in [2.24, 2.45) is 0 Å². The Morgan fingerprint density at radius 3 is 2.44 bits per heavy atom. The molecule has 0 bridgehead atoms. The fraction of sp³-hybridized carbons (Fsp3) is 0.435. The van der Waals surface area contributed by atoms with Crippen LogP contribution in [-0.2, 0) is 4.79 Å². The number of carbonyl (C=O) groups is 1. The average Bonchev–Trinajstić information content (AvgIpc) is 2.66. The monoisotopic (exact) mass is 369 g/mol. The molecule has 2 aromatic carbocycles. The molecule has 0 saturated heterocycles. The third-order valence-electron chi connectivity index (χ3n) is 4.48. The number of unbranched alkanes of at least 4 members (excludes halogenated alkanes) is 4. The predicted octanol–water partition coefficient (Wildman–Crippen LogP) is 5.67. The van der Waals surface area contributed by atoms with E-state index in [2.05, 4.69) is 12.2 Å². The molecule has 0 spiro atoms. The summed E-state index contributed by atoms with van der Waals surface area (Å²) in [5, 5.41) is 2.85. The Bertz CT molecular complexity index is 727. The fourth-order valence-electron chi connectivity index (χ4n) is 2.71. The van der Waals surface area contributed by atoms with E-state index in [1.165, 1.54) is 31.2 Å². The SMILES string of the molecule is CCCCCCCOc1cccc(NC(=O)COc2ccc(C)c(C)c2)c1. The first-order valence-electron chi connectivity index (χ1n) is 9.81. The minimum Gasteiger partial charge on any atom is -0.494 e. The van der Waals surface area contributed by atoms with Gasteiger partial charge in [0, 0.05) is 11.8 Å². The standard InChI is InChI=1S/C23H31NO3/c1-4-5-6-7-8-14-26-21-11-9-10-20(16-21)24-23(25)17-27-22-13-12-18(2)19(3)15-22/h9-13,15-16H,4-8,14,17H2,1-3H3,(H,24,25). The Kier molecular flexibility index (Phi) is 8.69. The first-order valence-corrected chi connectivity index (χ1v) is 9.81. The van der Waals surface area contributed by atoms with Crippen LogP contribution in [-0.4, -0.2) is 19.1 Å². The average molecular weight is 370 g/mol. The van der Waals surface area contributed by atoms with Crippen LogP contribution in [0.1, 0.15) is 50.2 Å². The molecule has 0 fully saturated rings. The van der Waals surface area contributed by atoms with Gasteiger partial charge in [-0.05, 0) is 55.7 Å². The van der Waals surface area contributed by atoms with E-state index in [-0.39, 0.29) is 12.5 Å². The summed E-state index contributed by atoms with van der Waals surface area (Å²) in [5.41, 5.74) is 3.06. The highest BCUT2D eigenvalue weighted by Crippen LogP contribution is 2.19. The van der Waals surface area contributed by atoms with Crippen molar-refractivity contribution in [3.8, 4) is 11.5 Å². The van der Waals surface area contributed by atoms with E-state index in [1.54, 1.807) is 0 Å². The lowest BCUT2D eigenvalue weighted by Crippen LogP contribution is -2.20. The molecular weight excluding hydrogens is 338 g/mol. The number of aryl methyl sites for hydroxylation is 2. The van der Waals surface area contributed by atoms with Gasteiger partial charge in [0.25, 0.3) is 5.91 Å². The maximum atomic E-state index is 12.1. The summed E-state index contributed by atoms with van der Waals surface area (Å²) in [6.45, 7) is 6.97. The van der Waals surface area contributed by atoms with Gasteiger partial charge >= 0.3 is 0 Å². The van der Waals surface area contributed by atoms with Gasteiger partial charge < -0.3 is 14.8 Å². The lowest BCUT2D eigenvalue weighted by atomic mass is 10.1. The van der Waals surface area contributed by atoms with Gasteiger partial charge in [-0.2, -0.15) is 0 Å². The molecule has 1 N–H and O–H groups in total. The lowest BCUT2D eigenvalue weighted by molar-refractivity contribution is -0.118. The molecule has 2 aromatic rings. The first kappa shape index (κ1) is 20.8. The van der Waals surface area contributed by atoms with Gasteiger partial charge in [0.05, 0.1) is 6.61 Å². The van der Waals surface area contributed by atoms with Crippen LogP contribution >= 0.6 is 0 Å². The van der Waals surface area contributed by atoms with Gasteiger partial charge in [0.2, 0.25) is 0 Å². The summed E-state index contributed by atoms with van der Waals surface area (Å²) >= 11 is 0. The quantitative estimate of drug-likeness (QED) is 0.519. The fourth-order valence-corrected chi connectivity index (χ4v) is 2.71. The number of amides is 1. The number of hydrogen-bond donors (Lipinski definition) is 1. The second kappa shape index (κ2) is 11.3. The van der Waals surface area contributed by atoms with Crippen LogP contribution in [0, 0.1) is 13.8 Å². The van der Waals surface area contributed by atoms with Crippen molar-refractivity contribution in [2.75, 3.05) is 18.5 Å². The van der Waals surface area contributed by atoms with Gasteiger partial charge in [-0.1, -0.05) is 44.7 Å². The lowest BCUT2D eigenvalue weighted by Gasteiger charge is -2.11. The molecule has 0 saturated carbocycles. The molecule has 0 atom stereocenters. The Morgan fingerprint density at radius 1 is 0.889 bits per heavy atom. The highest BCUT2D eigenvalue weighted by atomic mass is 16.5. The number of hydrogen-bond acceptors (Lipinski definition) is 3. The van der Waals surface area contributed by atoms with E-state index in [0.717, 1.165) is 17.7 Å². The topological polar surface area (TPSA) is 47.6 Å². The highest BCUT2D eigenvalue weighted by molar-refractivity contribution is 5.92. The van der Waals surface area contributed by atoms with Crippen LogP contribution in [0.15, 0.2) is 42.5 Å². The first-order chi connectivity index (χ1) is 13.1. The van der Waals surface area contributed by atoms with E-state index >= 15 is 0 Å². The van der Waals surface area contributed by atoms with E-state index < -0.39 is 0 Å². The predicted molar refractivity (Wildman–Crippen MR) is 111 cm³/mol. The Morgan fingerprint density at radius 2 is 1.67 bits per heavy atom. The molecule has 0 radical (unpaired) electrons. The van der Waals surface area contributed by atoms with E-state index in [4.69, 9.17) is 9.47 Å². The smallest absolute Gasteiger partial charge is 0.262 e. The van der Waals surface area contributed by atoms with Gasteiger partial charge in [-0.15, -0.1) is 0 Å². The van der Waals surface area contributed by atoms with Crippen molar-refractivity contribution in [1.82, 2.24) is 0 Å². The summed E-state index contributed by atoms with van der Waals surface area (Å²) in [4.78, 5) is 12.1. The zero-order valence-corrected chi connectivity index (χ0v) is 16.7. The zero-order valence-electron chi connectivity index (χ0n) is 16.7. The normalized spacial score (nSPS) is 10.5. The largest absolute Gasteiger partial charge is 0.494 e. The number of anilines is 1. The molecule has 4 nitrogen and oxygen atoms in total. The van der Waals surface area contributed by atoms with Crippen molar-refractivity contribution >= 4 is 11.6 Å². The molecule has 0 aliphatic heterocycles. The zero-order chi connectivity index (χ0) is 19.5. The molecule has 0 aromatic heterocycles. The van der Waals surface area contributed by atoms with E-state index in [1.807, 2.05) is 56.3 Å². The molecule has 4 heteroatoms. The van der Waals surface area contributed by atoms with Crippen molar-refractivity contribution in [3.05, 3.63) is 53.6 Å². The number of ether oxygens (including phenoxy) is 2. The Labute approximate surface area is 162 Å². The van der Waals surface area contributed by atoms with Crippen LogP contribution in [0.4, 0.5) is 5.69 Å². The van der Waals surface area contributed by atoms with Crippen LogP contribution in [0.5, 0.6) is 11.5 Å². The van der Waals surface area contributed by atoms with Crippen LogP contribution in [0.3, 0.4) is 0 Å². The maximum Gasteiger partial charge on any atom is 0.262 e. The van der Waals surface area contributed by atoms with Gasteiger partial charge in [-0.3, -0.25) is 4.79 Å².